The number of anilines is 1. The minimum atomic E-state index is -0.164. The van der Waals surface area contributed by atoms with Gasteiger partial charge in [-0.25, -0.2) is 4.98 Å². The van der Waals surface area contributed by atoms with Gasteiger partial charge in [0, 0.05) is 35.9 Å². The number of amides is 1. The molecule has 2 aromatic heterocycles. The smallest absolute Gasteiger partial charge is 0.273 e. The molecule has 0 aliphatic carbocycles. The van der Waals surface area contributed by atoms with Gasteiger partial charge in [0.1, 0.15) is 5.69 Å². The highest BCUT2D eigenvalue weighted by atomic mass is 32.1. The fourth-order valence-corrected chi connectivity index (χ4v) is 4.66. The van der Waals surface area contributed by atoms with Crippen LogP contribution in [0.2, 0.25) is 0 Å². The average molecular weight is 399 g/mol. The van der Waals surface area contributed by atoms with Crippen LogP contribution in [-0.4, -0.2) is 46.1 Å². The number of carbonyl (C=O) groups is 1. The van der Waals surface area contributed by atoms with Gasteiger partial charge in [0.25, 0.3) is 5.91 Å². The molecule has 3 heterocycles. The molecule has 2 atom stereocenters. The van der Waals surface area contributed by atoms with Crippen LogP contribution in [0.4, 0.5) is 5.13 Å². The maximum atomic E-state index is 12.7. The van der Waals surface area contributed by atoms with Crippen LogP contribution in [0.25, 0.3) is 10.9 Å². The molecular formula is C21H26N4O2S. The third kappa shape index (κ3) is 4.11. The fraction of sp³-hybridized carbons (Fsp3) is 0.429. The SMILES string of the molecule is Cc1cc(C)c2cc(C(=O)Nc3nc(CN4CC(C)OC(C)C4)cs3)[nH]c2c1. The summed E-state index contributed by atoms with van der Waals surface area (Å²) in [5, 5.41) is 6.64. The second kappa shape index (κ2) is 7.66. The Morgan fingerprint density at radius 1 is 1.29 bits per heavy atom. The van der Waals surface area contributed by atoms with Crippen molar-refractivity contribution in [2.45, 2.75) is 46.4 Å². The number of fused-ring (bicyclic) bond motifs is 1. The summed E-state index contributed by atoms with van der Waals surface area (Å²) >= 11 is 1.46. The molecular weight excluding hydrogens is 372 g/mol. The summed E-state index contributed by atoms with van der Waals surface area (Å²) < 4.78 is 5.78. The standard InChI is InChI=1S/C21H26N4O2S/c1-12-5-13(2)17-7-19(23-18(17)6-12)20(26)24-21-22-16(11-28-21)10-25-8-14(3)27-15(4)9-25/h5-7,11,14-15,23H,8-10H2,1-4H3,(H,22,24,26). The maximum absolute atomic E-state index is 12.7. The van der Waals surface area contributed by atoms with E-state index in [-0.39, 0.29) is 18.1 Å². The average Bonchev–Trinajstić information content (AvgIpc) is 3.21. The Labute approximate surface area is 168 Å². The van der Waals surface area contributed by atoms with Crippen molar-refractivity contribution in [2.24, 2.45) is 0 Å². The largest absolute Gasteiger partial charge is 0.373 e. The van der Waals surface area contributed by atoms with E-state index in [2.05, 4.69) is 60.0 Å². The summed E-state index contributed by atoms with van der Waals surface area (Å²) in [5.74, 6) is -0.164. The van der Waals surface area contributed by atoms with Gasteiger partial charge >= 0.3 is 0 Å². The Hall–Kier alpha value is -2.22. The van der Waals surface area contributed by atoms with Crippen LogP contribution in [-0.2, 0) is 11.3 Å². The van der Waals surface area contributed by atoms with Crippen molar-refractivity contribution in [3.05, 3.63) is 46.1 Å². The van der Waals surface area contributed by atoms with Crippen molar-refractivity contribution in [1.29, 1.82) is 0 Å². The number of nitrogens with zero attached hydrogens (tertiary/aromatic N) is 2. The van der Waals surface area contributed by atoms with Crippen LogP contribution in [0.15, 0.2) is 23.6 Å². The molecule has 6 nitrogen and oxygen atoms in total. The van der Waals surface area contributed by atoms with Crippen LogP contribution >= 0.6 is 11.3 Å². The summed E-state index contributed by atoms with van der Waals surface area (Å²) in [4.78, 5) is 22.8. The van der Waals surface area contributed by atoms with Gasteiger partial charge in [-0.1, -0.05) is 6.07 Å². The monoisotopic (exact) mass is 398 g/mol. The molecule has 1 saturated heterocycles. The van der Waals surface area contributed by atoms with Gasteiger partial charge in [-0.15, -0.1) is 11.3 Å². The zero-order valence-corrected chi connectivity index (χ0v) is 17.5. The topological polar surface area (TPSA) is 70.2 Å². The lowest BCUT2D eigenvalue weighted by Gasteiger charge is -2.34. The molecule has 1 fully saturated rings. The predicted octanol–water partition coefficient (Wildman–Crippen LogP) is 4.10. The van der Waals surface area contributed by atoms with E-state index in [1.165, 1.54) is 16.9 Å². The Bertz CT molecular complexity index is 999. The summed E-state index contributed by atoms with van der Waals surface area (Å²) in [6.07, 6.45) is 0.464. The maximum Gasteiger partial charge on any atom is 0.273 e. The summed E-state index contributed by atoms with van der Waals surface area (Å²) in [5.41, 5.74) is 4.85. The van der Waals surface area contributed by atoms with Crippen molar-refractivity contribution in [3.63, 3.8) is 0 Å². The lowest BCUT2D eigenvalue weighted by atomic mass is 10.1. The minimum Gasteiger partial charge on any atom is -0.373 e. The molecule has 1 aliphatic rings. The number of hydrogen-bond donors (Lipinski definition) is 2. The molecule has 0 saturated carbocycles. The number of aryl methyl sites for hydroxylation is 2. The van der Waals surface area contributed by atoms with E-state index >= 15 is 0 Å². The molecule has 1 amide bonds. The van der Waals surface area contributed by atoms with E-state index in [1.54, 1.807) is 0 Å². The van der Waals surface area contributed by atoms with Crippen molar-refractivity contribution < 1.29 is 9.53 Å². The van der Waals surface area contributed by atoms with Gasteiger partial charge in [-0.05, 0) is 51.0 Å². The van der Waals surface area contributed by atoms with Gasteiger partial charge in [-0.2, -0.15) is 0 Å². The van der Waals surface area contributed by atoms with Crippen molar-refractivity contribution in [2.75, 3.05) is 18.4 Å². The molecule has 7 heteroatoms. The number of aromatic nitrogens is 2. The van der Waals surface area contributed by atoms with Crippen LogP contribution in [0.5, 0.6) is 0 Å². The fourth-order valence-electron chi connectivity index (χ4n) is 3.97. The lowest BCUT2D eigenvalue weighted by Crippen LogP contribution is -2.44. The first-order valence-electron chi connectivity index (χ1n) is 9.61. The normalized spacial score (nSPS) is 20.6. The number of carbonyl (C=O) groups excluding carboxylic acids is 1. The number of aromatic amines is 1. The Morgan fingerprint density at radius 3 is 2.79 bits per heavy atom. The molecule has 3 aromatic rings. The van der Waals surface area contributed by atoms with Crippen molar-refractivity contribution >= 4 is 33.3 Å². The molecule has 148 valence electrons. The molecule has 0 radical (unpaired) electrons. The molecule has 2 unspecified atom stereocenters. The second-order valence-corrected chi connectivity index (χ2v) is 8.63. The number of benzene rings is 1. The van der Waals surface area contributed by atoms with Crippen LogP contribution in [0, 0.1) is 13.8 Å². The van der Waals surface area contributed by atoms with Gasteiger partial charge < -0.3 is 9.72 Å². The molecule has 2 N–H and O–H groups in total. The van der Waals surface area contributed by atoms with Crippen LogP contribution in [0.1, 0.15) is 41.2 Å². The second-order valence-electron chi connectivity index (χ2n) is 7.78. The number of morpholine rings is 1. The number of thiazole rings is 1. The van der Waals surface area contributed by atoms with Crippen LogP contribution in [0.3, 0.4) is 0 Å². The number of nitrogens with one attached hydrogen (secondary N) is 2. The molecule has 1 aromatic carbocycles. The highest BCUT2D eigenvalue weighted by molar-refractivity contribution is 7.13. The zero-order chi connectivity index (χ0) is 19.8. The Morgan fingerprint density at radius 2 is 2.04 bits per heavy atom. The number of hydrogen-bond acceptors (Lipinski definition) is 5. The highest BCUT2D eigenvalue weighted by Crippen LogP contribution is 2.23. The first-order valence-corrected chi connectivity index (χ1v) is 10.5. The van der Waals surface area contributed by atoms with Gasteiger partial charge in [0.2, 0.25) is 0 Å². The molecule has 1 aliphatic heterocycles. The Kier molecular flexibility index (Phi) is 5.23. The highest BCUT2D eigenvalue weighted by Gasteiger charge is 2.23. The summed E-state index contributed by atoms with van der Waals surface area (Å²) in [6, 6.07) is 6.09. The minimum absolute atomic E-state index is 0.164. The number of rotatable bonds is 4. The zero-order valence-electron chi connectivity index (χ0n) is 16.7. The van der Waals surface area contributed by atoms with Crippen molar-refractivity contribution in [3.8, 4) is 0 Å². The first kappa shape index (κ1) is 19.1. The van der Waals surface area contributed by atoms with Gasteiger partial charge in [-0.3, -0.25) is 15.0 Å². The van der Waals surface area contributed by atoms with E-state index in [1.807, 2.05) is 11.4 Å². The molecule has 0 bridgehead atoms. The summed E-state index contributed by atoms with van der Waals surface area (Å²) in [7, 11) is 0. The lowest BCUT2D eigenvalue weighted by molar-refractivity contribution is -0.0707. The van der Waals surface area contributed by atoms with E-state index in [9.17, 15) is 4.79 Å². The number of ether oxygens (including phenoxy) is 1. The molecule has 0 spiro atoms. The van der Waals surface area contributed by atoms with Crippen molar-refractivity contribution in [1.82, 2.24) is 14.9 Å². The molecule has 4 rings (SSSR count). The Balaban J connectivity index is 1.43. The van der Waals surface area contributed by atoms with Gasteiger partial charge in [0.05, 0.1) is 17.9 Å². The molecule has 28 heavy (non-hydrogen) atoms. The quantitative estimate of drug-likeness (QED) is 0.694. The third-order valence-electron chi connectivity index (χ3n) is 4.99. The summed E-state index contributed by atoms with van der Waals surface area (Å²) in [6.45, 7) is 10.9. The van der Waals surface area contributed by atoms with E-state index < -0.39 is 0 Å². The predicted molar refractivity (Wildman–Crippen MR) is 113 cm³/mol. The third-order valence-corrected chi connectivity index (χ3v) is 5.79. The number of H-pyrrole nitrogens is 1. The first-order chi connectivity index (χ1) is 13.4. The van der Waals surface area contributed by atoms with E-state index in [0.29, 0.717) is 10.8 Å². The van der Waals surface area contributed by atoms with E-state index in [0.717, 1.165) is 41.8 Å². The van der Waals surface area contributed by atoms with Crippen LogP contribution < -0.4 is 5.32 Å². The van der Waals surface area contributed by atoms with Gasteiger partial charge in [0.15, 0.2) is 5.13 Å². The van der Waals surface area contributed by atoms with E-state index in [4.69, 9.17) is 4.74 Å².